The van der Waals surface area contributed by atoms with Crippen LogP contribution in [0.2, 0.25) is 0 Å². The molecule has 2 spiro atoms. The lowest BCUT2D eigenvalue weighted by molar-refractivity contribution is -0.138. The van der Waals surface area contributed by atoms with Gasteiger partial charge in [-0.2, -0.15) is 18.4 Å². The van der Waals surface area contributed by atoms with E-state index in [2.05, 4.69) is 0 Å². The number of nitriles is 1. The van der Waals surface area contributed by atoms with Crippen LogP contribution in [-0.4, -0.2) is 41.6 Å². The Hall–Kier alpha value is -2.55. The maximum absolute atomic E-state index is 13.7. The Labute approximate surface area is 236 Å². The monoisotopic (exact) mass is 570 g/mol. The number of hydrogen-bond donors (Lipinski definition) is 2. The van der Waals surface area contributed by atoms with Gasteiger partial charge in [-0.25, -0.2) is 0 Å². The number of ether oxygens (including phenoxy) is 3. The number of pyridine rings is 1. The van der Waals surface area contributed by atoms with Crippen LogP contribution in [0.5, 0.6) is 0 Å². The van der Waals surface area contributed by atoms with Crippen LogP contribution in [0.1, 0.15) is 120 Å². The average molecular weight is 571 g/mol. The topological polar surface area (TPSA) is 105 Å². The van der Waals surface area contributed by atoms with Crippen LogP contribution in [0.3, 0.4) is 0 Å². The molecule has 2 aliphatic carbocycles. The highest BCUT2D eigenvalue weighted by Crippen LogP contribution is 2.63. The van der Waals surface area contributed by atoms with Crippen molar-refractivity contribution < 1.29 is 37.6 Å². The largest absolute Gasteiger partial charge is 0.417 e. The van der Waals surface area contributed by atoms with E-state index < -0.39 is 46.6 Å². The van der Waals surface area contributed by atoms with Gasteiger partial charge in [0.1, 0.15) is 12.2 Å². The minimum Gasteiger partial charge on any atom is -0.388 e. The molecule has 2 N–H and O–H groups in total. The fourth-order valence-electron chi connectivity index (χ4n) is 7.94. The van der Waals surface area contributed by atoms with E-state index in [-0.39, 0.29) is 5.92 Å². The zero-order valence-corrected chi connectivity index (χ0v) is 22.7. The molecule has 7 rings (SSSR count). The lowest BCUT2D eigenvalue weighted by atomic mass is 9.57. The number of aromatic nitrogens is 1. The molecular weight excluding hydrogens is 537 g/mol. The van der Waals surface area contributed by atoms with Gasteiger partial charge in [-0.15, -0.1) is 0 Å². The van der Waals surface area contributed by atoms with Gasteiger partial charge in [0.15, 0.2) is 0 Å². The van der Waals surface area contributed by atoms with E-state index >= 15 is 0 Å². The molecule has 3 fully saturated rings. The Bertz CT molecular complexity index is 1400. The molecule has 3 atom stereocenters. The zero-order chi connectivity index (χ0) is 28.6. The third-order valence-corrected chi connectivity index (χ3v) is 10.2. The van der Waals surface area contributed by atoms with Crippen molar-refractivity contribution in [1.29, 1.82) is 5.26 Å². The van der Waals surface area contributed by atoms with Gasteiger partial charge in [0.25, 0.3) is 0 Å². The number of halogens is 3. The third kappa shape index (κ3) is 4.15. The SMILES string of the molecule is N#Cc1cc([C@H]2OC3(CCOCC3)c3c2c(C2CCOCC2)nc2c3[C@@H](O)CC3(CCC3)[C@H]2O)ccc1C(F)(F)F. The highest BCUT2D eigenvalue weighted by Gasteiger charge is 2.57. The van der Waals surface area contributed by atoms with Crippen molar-refractivity contribution in [3.8, 4) is 6.07 Å². The lowest BCUT2D eigenvalue weighted by Crippen LogP contribution is -2.43. The van der Waals surface area contributed by atoms with Crippen molar-refractivity contribution in [3.05, 3.63) is 63.0 Å². The van der Waals surface area contributed by atoms with Crippen LogP contribution in [0.4, 0.5) is 13.2 Å². The number of nitrogens with zero attached hydrogens (tertiary/aromatic N) is 2. The number of hydrogen-bond acceptors (Lipinski definition) is 7. The summed E-state index contributed by atoms with van der Waals surface area (Å²) in [5.74, 6) is -0.00242. The molecule has 1 saturated carbocycles. The van der Waals surface area contributed by atoms with Gasteiger partial charge >= 0.3 is 6.18 Å². The van der Waals surface area contributed by atoms with Crippen LogP contribution < -0.4 is 0 Å². The summed E-state index contributed by atoms with van der Waals surface area (Å²) < 4.78 is 59.3. The molecule has 0 bridgehead atoms. The minimum absolute atomic E-state index is 0.00242. The molecule has 0 radical (unpaired) electrons. The summed E-state index contributed by atoms with van der Waals surface area (Å²) in [6.45, 7) is 1.96. The molecule has 41 heavy (non-hydrogen) atoms. The molecule has 2 aromatic rings. The normalized spacial score (nSPS) is 28.6. The number of rotatable bonds is 2. The molecule has 4 heterocycles. The van der Waals surface area contributed by atoms with E-state index in [1.54, 1.807) is 6.07 Å². The first kappa shape index (κ1) is 27.3. The molecule has 218 valence electrons. The highest BCUT2D eigenvalue weighted by molar-refractivity contribution is 5.56. The third-order valence-electron chi connectivity index (χ3n) is 10.2. The summed E-state index contributed by atoms with van der Waals surface area (Å²) in [5.41, 5.74) is 1.21. The van der Waals surface area contributed by atoms with E-state index in [1.807, 2.05) is 0 Å². The van der Waals surface area contributed by atoms with E-state index in [9.17, 15) is 28.6 Å². The number of fused-ring (bicyclic) bond motifs is 4. The molecule has 0 amide bonds. The molecule has 10 heteroatoms. The van der Waals surface area contributed by atoms with Gasteiger partial charge in [0.2, 0.25) is 0 Å². The van der Waals surface area contributed by atoms with Crippen molar-refractivity contribution in [2.75, 3.05) is 26.4 Å². The molecule has 3 aliphatic heterocycles. The fourth-order valence-corrected chi connectivity index (χ4v) is 7.94. The smallest absolute Gasteiger partial charge is 0.388 e. The van der Waals surface area contributed by atoms with Crippen LogP contribution in [0.15, 0.2) is 18.2 Å². The van der Waals surface area contributed by atoms with Gasteiger partial charge in [-0.05, 0) is 55.4 Å². The van der Waals surface area contributed by atoms with Crippen molar-refractivity contribution >= 4 is 0 Å². The molecule has 7 nitrogen and oxygen atoms in total. The Balaban J connectivity index is 1.48. The second-order valence-corrected chi connectivity index (χ2v) is 12.3. The number of aliphatic hydroxyl groups excluding tert-OH is 2. The van der Waals surface area contributed by atoms with Crippen LogP contribution >= 0.6 is 0 Å². The highest BCUT2D eigenvalue weighted by atomic mass is 19.4. The van der Waals surface area contributed by atoms with Gasteiger partial charge in [0.05, 0.1) is 40.3 Å². The quantitative estimate of drug-likeness (QED) is 0.482. The first-order chi connectivity index (χ1) is 19.7. The summed E-state index contributed by atoms with van der Waals surface area (Å²) in [6, 6.07) is 5.33. The predicted octanol–water partition coefficient (Wildman–Crippen LogP) is 5.63. The van der Waals surface area contributed by atoms with E-state index in [4.69, 9.17) is 19.2 Å². The summed E-state index contributed by atoms with van der Waals surface area (Å²) in [7, 11) is 0. The van der Waals surface area contributed by atoms with Crippen molar-refractivity contribution in [1.82, 2.24) is 4.98 Å². The first-order valence-corrected chi connectivity index (χ1v) is 14.6. The van der Waals surface area contributed by atoms with Crippen LogP contribution in [0, 0.1) is 16.7 Å². The molecule has 1 aromatic carbocycles. The fraction of sp³-hybridized carbons (Fsp3) is 0.613. The van der Waals surface area contributed by atoms with Gasteiger partial charge in [-0.3, -0.25) is 4.98 Å². The Kier molecular flexibility index (Phi) is 6.49. The number of benzene rings is 1. The van der Waals surface area contributed by atoms with Gasteiger partial charge in [0, 0.05) is 61.7 Å². The van der Waals surface area contributed by atoms with Crippen molar-refractivity contribution in [3.63, 3.8) is 0 Å². The summed E-state index contributed by atoms with van der Waals surface area (Å²) >= 11 is 0. The van der Waals surface area contributed by atoms with Crippen LogP contribution in [-0.2, 0) is 26.0 Å². The Morgan fingerprint density at radius 1 is 0.951 bits per heavy atom. The molecule has 1 aromatic heterocycles. The van der Waals surface area contributed by atoms with E-state index in [1.165, 1.54) is 12.1 Å². The molecule has 2 saturated heterocycles. The maximum atomic E-state index is 13.7. The first-order valence-electron chi connectivity index (χ1n) is 14.6. The molecule has 5 aliphatic rings. The summed E-state index contributed by atoms with van der Waals surface area (Å²) in [4.78, 5) is 5.15. The Morgan fingerprint density at radius 2 is 1.66 bits per heavy atom. The van der Waals surface area contributed by atoms with Crippen molar-refractivity contribution in [2.45, 2.75) is 87.4 Å². The minimum atomic E-state index is -4.66. The lowest BCUT2D eigenvalue weighted by Gasteiger charge is -2.51. The van der Waals surface area contributed by atoms with E-state index in [0.717, 1.165) is 42.1 Å². The summed E-state index contributed by atoms with van der Waals surface area (Å²) in [5, 5.41) is 33.1. The second-order valence-electron chi connectivity index (χ2n) is 12.3. The average Bonchev–Trinajstić information content (AvgIpc) is 3.27. The van der Waals surface area contributed by atoms with Crippen LogP contribution in [0.25, 0.3) is 0 Å². The Morgan fingerprint density at radius 3 is 2.29 bits per heavy atom. The maximum Gasteiger partial charge on any atom is 0.417 e. The summed E-state index contributed by atoms with van der Waals surface area (Å²) in [6.07, 6.45) is -1.59. The van der Waals surface area contributed by atoms with Gasteiger partial charge in [-0.1, -0.05) is 12.5 Å². The van der Waals surface area contributed by atoms with E-state index in [0.29, 0.717) is 75.4 Å². The predicted molar refractivity (Wildman–Crippen MR) is 139 cm³/mol. The zero-order valence-electron chi connectivity index (χ0n) is 22.7. The van der Waals surface area contributed by atoms with Crippen molar-refractivity contribution in [2.24, 2.45) is 5.41 Å². The second kappa shape index (κ2) is 9.75. The van der Waals surface area contributed by atoms with Gasteiger partial charge < -0.3 is 24.4 Å². The molecule has 0 unspecified atom stereocenters. The standard InChI is InChI=1S/C31H33F3N2O5/c32-31(33,34)20-3-2-18(14-19(20)16-35)27-23-24(30(41-27)8-12-40-13-9-30)22-21(37)15-29(6-1-7-29)28(38)26(22)36-25(23)17-4-10-39-11-5-17/h2-3,14,17,21,27-28,37-38H,1,4-13,15H2/t21-,27+,28-/m0/s1. The number of aliphatic hydroxyl groups is 2. The number of alkyl halides is 3. The molecular formula is C31H33F3N2O5.